The number of aliphatic carboxylic acids is 1. The molecule has 4 atom stereocenters. The first-order valence-corrected chi connectivity index (χ1v) is 6.90. The van der Waals surface area contributed by atoms with Crippen LogP contribution in [-0.4, -0.2) is 35.2 Å². The van der Waals surface area contributed by atoms with Gasteiger partial charge in [-0.2, -0.15) is 0 Å². The maximum atomic E-state index is 12.1. The normalized spacial score (nSPS) is 30.3. The summed E-state index contributed by atoms with van der Waals surface area (Å²) in [4.78, 5) is 23.5. The van der Waals surface area contributed by atoms with Gasteiger partial charge >= 0.3 is 11.9 Å². The van der Waals surface area contributed by atoms with E-state index in [1.165, 1.54) is 0 Å². The predicted molar refractivity (Wildman–Crippen MR) is 71.3 cm³/mol. The minimum absolute atomic E-state index is 0. The highest BCUT2D eigenvalue weighted by molar-refractivity contribution is 5.89. The Kier molecular flexibility index (Phi) is 4.85. The quantitative estimate of drug-likeness (QED) is 0.661. The van der Waals surface area contributed by atoms with Crippen molar-refractivity contribution in [3.63, 3.8) is 0 Å². The van der Waals surface area contributed by atoms with Crippen LogP contribution in [0.15, 0.2) is 30.3 Å². The topological polar surface area (TPSA) is 75.6 Å². The maximum Gasteiger partial charge on any atom is 0.338 e. The van der Waals surface area contributed by atoms with Gasteiger partial charge in [0.15, 0.2) is 0 Å². The Morgan fingerprint density at radius 2 is 1.90 bits per heavy atom. The Bertz CT molecular complexity index is 522. The van der Waals surface area contributed by atoms with E-state index in [1.807, 2.05) is 6.07 Å². The second-order valence-electron chi connectivity index (χ2n) is 5.46. The van der Waals surface area contributed by atoms with Gasteiger partial charge in [-0.15, -0.1) is 0 Å². The van der Waals surface area contributed by atoms with Gasteiger partial charge in [0.05, 0.1) is 5.56 Å². The van der Waals surface area contributed by atoms with Crippen molar-refractivity contribution in [2.24, 2.45) is 5.92 Å². The van der Waals surface area contributed by atoms with Crippen molar-refractivity contribution >= 4 is 11.9 Å². The molecule has 21 heavy (non-hydrogen) atoms. The molecule has 0 amide bonds. The molecule has 2 fully saturated rings. The van der Waals surface area contributed by atoms with Crippen LogP contribution >= 0.6 is 0 Å². The van der Waals surface area contributed by atoms with Crippen molar-refractivity contribution in [3.05, 3.63) is 35.9 Å². The number of ether oxygens (including phenoxy) is 1. The van der Waals surface area contributed by atoms with Crippen molar-refractivity contribution in [2.75, 3.05) is 0 Å². The van der Waals surface area contributed by atoms with Crippen LogP contribution in [0.5, 0.6) is 0 Å². The maximum absolute atomic E-state index is 12.1. The lowest BCUT2D eigenvalue weighted by molar-refractivity contribution is -0.148. The average molecular weight is 311 g/mol. The molecule has 0 spiro atoms. The summed E-state index contributed by atoms with van der Waals surface area (Å²) in [5.74, 6) is -1.99. The second kappa shape index (κ2) is 6.45. The number of piperidine rings is 1. The number of esters is 1. The van der Waals surface area contributed by atoms with E-state index in [0.29, 0.717) is 12.0 Å². The van der Waals surface area contributed by atoms with Gasteiger partial charge in [-0.05, 0) is 25.0 Å². The summed E-state index contributed by atoms with van der Waals surface area (Å²) in [5.41, 5.74) is 0.461. The first-order valence-electron chi connectivity index (χ1n) is 6.90. The molecule has 6 heteroatoms. The van der Waals surface area contributed by atoms with Gasteiger partial charge in [0.2, 0.25) is 0 Å². The van der Waals surface area contributed by atoms with Gasteiger partial charge in [0.1, 0.15) is 12.0 Å². The van der Waals surface area contributed by atoms with Crippen molar-refractivity contribution in [3.8, 4) is 0 Å². The van der Waals surface area contributed by atoms with Gasteiger partial charge in [-0.1, -0.05) is 18.2 Å². The number of hydrogen-bond donors (Lipinski definition) is 2. The van der Waals surface area contributed by atoms with Crippen LogP contribution in [0.2, 0.25) is 0 Å². The number of carbonyl (C=O) groups excluding carboxylic acids is 1. The highest BCUT2D eigenvalue weighted by Crippen LogP contribution is 2.34. The van der Waals surface area contributed by atoms with Crippen molar-refractivity contribution in [1.29, 1.82) is 0 Å². The van der Waals surface area contributed by atoms with Crippen LogP contribution < -0.4 is 17.7 Å². The van der Waals surface area contributed by atoms with E-state index in [1.54, 1.807) is 24.3 Å². The average Bonchev–Trinajstić information content (AvgIpc) is 2.81. The van der Waals surface area contributed by atoms with Gasteiger partial charge in [0.25, 0.3) is 0 Å². The third-order valence-corrected chi connectivity index (χ3v) is 4.18. The molecule has 4 unspecified atom stereocenters. The predicted octanol–water partition coefficient (Wildman–Crippen LogP) is -1.56. The molecule has 2 aliphatic rings. The van der Waals surface area contributed by atoms with Crippen LogP contribution in [0, 0.1) is 5.92 Å². The molecule has 1 aromatic rings. The molecular weight excluding hydrogens is 294 g/mol. The molecule has 3 rings (SSSR count). The van der Waals surface area contributed by atoms with E-state index in [9.17, 15) is 14.7 Å². The second-order valence-corrected chi connectivity index (χ2v) is 5.46. The SMILES string of the molecule is O=C(OC1CC2CCC(N2)C1C(=O)O)c1ccccc1.[Cl-]. The lowest BCUT2D eigenvalue weighted by Crippen LogP contribution is -3.00. The molecule has 0 radical (unpaired) electrons. The monoisotopic (exact) mass is 310 g/mol. The number of nitrogens with one attached hydrogen (secondary N) is 1. The van der Waals surface area contributed by atoms with Gasteiger partial charge in [0, 0.05) is 18.5 Å². The van der Waals surface area contributed by atoms with E-state index in [-0.39, 0.29) is 24.5 Å². The molecule has 2 N–H and O–H groups in total. The molecule has 114 valence electrons. The van der Waals surface area contributed by atoms with Gasteiger partial charge < -0.3 is 27.6 Å². The largest absolute Gasteiger partial charge is 1.00 e. The molecule has 2 heterocycles. The lowest BCUT2D eigenvalue weighted by Gasteiger charge is -2.34. The molecular formula is C15H17ClNO4-. The van der Waals surface area contributed by atoms with Gasteiger partial charge in [-0.25, -0.2) is 4.79 Å². The van der Waals surface area contributed by atoms with E-state index in [4.69, 9.17) is 4.74 Å². The zero-order valence-electron chi connectivity index (χ0n) is 11.4. The number of carboxylic acid groups (broad SMARTS) is 1. The molecule has 5 nitrogen and oxygen atoms in total. The van der Waals surface area contributed by atoms with E-state index < -0.39 is 24.0 Å². The highest BCUT2D eigenvalue weighted by atomic mass is 35.5. The first kappa shape index (κ1) is 15.8. The molecule has 0 aliphatic carbocycles. The molecule has 0 aromatic heterocycles. The van der Waals surface area contributed by atoms with Crippen molar-refractivity contribution < 1.29 is 31.8 Å². The Morgan fingerprint density at radius 3 is 2.57 bits per heavy atom. The summed E-state index contributed by atoms with van der Waals surface area (Å²) >= 11 is 0. The number of benzene rings is 1. The number of rotatable bonds is 3. The Morgan fingerprint density at radius 1 is 1.19 bits per heavy atom. The van der Waals surface area contributed by atoms with Crippen LogP contribution in [0.25, 0.3) is 0 Å². The van der Waals surface area contributed by atoms with Crippen LogP contribution in [0.4, 0.5) is 0 Å². The number of halogens is 1. The summed E-state index contributed by atoms with van der Waals surface area (Å²) in [7, 11) is 0. The number of carboxylic acids is 1. The zero-order valence-corrected chi connectivity index (χ0v) is 12.1. The van der Waals surface area contributed by atoms with Crippen molar-refractivity contribution in [1.82, 2.24) is 5.32 Å². The standard InChI is InChI=1S/C15H17NO4.ClH/c17-14(18)13-11-7-6-10(16-11)8-12(13)20-15(19)9-4-2-1-3-5-9;/h1-5,10-13,16H,6-8H2,(H,17,18);1H/p-1. The third kappa shape index (κ3) is 3.19. The molecule has 1 aromatic carbocycles. The minimum Gasteiger partial charge on any atom is -1.00 e. The fraction of sp³-hybridized carbons (Fsp3) is 0.467. The van der Waals surface area contributed by atoms with Crippen LogP contribution in [0.1, 0.15) is 29.6 Å². The Labute approximate surface area is 129 Å². The summed E-state index contributed by atoms with van der Waals surface area (Å²) < 4.78 is 5.47. The summed E-state index contributed by atoms with van der Waals surface area (Å²) in [6.07, 6.45) is 1.82. The van der Waals surface area contributed by atoms with Crippen molar-refractivity contribution in [2.45, 2.75) is 37.5 Å². The fourth-order valence-electron chi connectivity index (χ4n) is 3.24. The molecule has 0 saturated carbocycles. The number of carbonyl (C=O) groups is 2. The summed E-state index contributed by atoms with van der Waals surface area (Å²) in [6.45, 7) is 0. The Hall–Kier alpha value is -1.59. The van der Waals surface area contributed by atoms with Gasteiger partial charge in [-0.3, -0.25) is 4.79 Å². The molecule has 2 saturated heterocycles. The fourth-order valence-corrected chi connectivity index (χ4v) is 3.24. The summed E-state index contributed by atoms with van der Waals surface area (Å²) in [6, 6.07) is 8.88. The first-order chi connectivity index (χ1) is 9.65. The number of hydrogen-bond acceptors (Lipinski definition) is 4. The number of fused-ring (bicyclic) bond motifs is 2. The highest BCUT2D eigenvalue weighted by Gasteiger charge is 2.47. The molecule has 2 aliphatic heterocycles. The summed E-state index contributed by atoms with van der Waals surface area (Å²) in [5, 5.41) is 12.7. The Balaban J connectivity index is 0.00000161. The van der Waals surface area contributed by atoms with E-state index in [0.717, 1.165) is 12.8 Å². The van der Waals surface area contributed by atoms with Crippen LogP contribution in [0.3, 0.4) is 0 Å². The third-order valence-electron chi connectivity index (χ3n) is 4.18. The molecule has 2 bridgehead atoms. The minimum atomic E-state index is -0.895. The zero-order chi connectivity index (χ0) is 14.1. The lowest BCUT2D eigenvalue weighted by atomic mass is 9.89. The van der Waals surface area contributed by atoms with E-state index in [2.05, 4.69) is 5.32 Å². The van der Waals surface area contributed by atoms with Crippen LogP contribution in [-0.2, 0) is 9.53 Å². The smallest absolute Gasteiger partial charge is 0.338 e. The van der Waals surface area contributed by atoms with E-state index >= 15 is 0 Å².